The van der Waals surface area contributed by atoms with E-state index in [9.17, 15) is 4.79 Å². The molecule has 5 rings (SSSR count). The van der Waals surface area contributed by atoms with Crippen LogP contribution < -0.4 is 14.9 Å². The normalized spacial score (nSPS) is 11.4. The van der Waals surface area contributed by atoms with Crippen LogP contribution >= 0.6 is 0 Å². The van der Waals surface area contributed by atoms with Crippen LogP contribution in [0.3, 0.4) is 0 Å². The van der Waals surface area contributed by atoms with Crippen LogP contribution in [0.25, 0.3) is 16.5 Å². The summed E-state index contributed by atoms with van der Waals surface area (Å²) in [5.74, 6) is 1.64. The molecule has 2 heterocycles. The number of carbonyl (C=O) groups excluding carboxylic acids is 1. The Balaban J connectivity index is 1.21. The maximum atomic E-state index is 12.7. The van der Waals surface area contributed by atoms with Gasteiger partial charge in [-0.25, -0.2) is 5.43 Å². The number of benzene rings is 3. The Morgan fingerprint density at radius 2 is 1.69 bits per heavy atom. The summed E-state index contributed by atoms with van der Waals surface area (Å²) in [5, 5.41) is 6.22. The molecular formula is C32H31N3O4. The van der Waals surface area contributed by atoms with Gasteiger partial charge in [-0.3, -0.25) is 4.79 Å². The van der Waals surface area contributed by atoms with E-state index in [-0.39, 0.29) is 18.5 Å². The van der Waals surface area contributed by atoms with Crippen molar-refractivity contribution in [2.24, 2.45) is 5.10 Å². The molecule has 0 fully saturated rings. The van der Waals surface area contributed by atoms with Crippen LogP contribution in [0.5, 0.6) is 11.5 Å². The smallest absolute Gasteiger partial charge is 0.307 e. The minimum atomic E-state index is -0.453. The van der Waals surface area contributed by atoms with Crippen LogP contribution in [-0.2, 0) is 6.61 Å². The third-order valence-electron chi connectivity index (χ3n) is 6.29. The highest BCUT2D eigenvalue weighted by molar-refractivity contribution is 6.03. The Kier molecular flexibility index (Phi) is 7.50. The van der Waals surface area contributed by atoms with Crippen LogP contribution in [-0.4, -0.2) is 22.8 Å². The zero-order valence-corrected chi connectivity index (χ0v) is 22.5. The fraction of sp³-hybridized carbons (Fsp3) is 0.188. The van der Waals surface area contributed by atoms with Gasteiger partial charge >= 0.3 is 5.91 Å². The van der Waals surface area contributed by atoms with Crippen molar-refractivity contribution < 1.29 is 18.7 Å². The van der Waals surface area contributed by atoms with Crippen molar-refractivity contribution in [1.29, 1.82) is 0 Å². The van der Waals surface area contributed by atoms with E-state index in [1.807, 2.05) is 74.5 Å². The third kappa shape index (κ3) is 5.88. The van der Waals surface area contributed by atoms with Crippen molar-refractivity contribution in [2.75, 3.05) is 0 Å². The maximum absolute atomic E-state index is 12.7. The first-order valence-corrected chi connectivity index (χ1v) is 12.9. The number of hydrogen-bond donors (Lipinski definition) is 1. The molecule has 0 saturated heterocycles. The minimum absolute atomic E-state index is 0.00220. The van der Waals surface area contributed by atoms with Gasteiger partial charge in [0.05, 0.1) is 12.3 Å². The Morgan fingerprint density at radius 1 is 0.949 bits per heavy atom. The summed E-state index contributed by atoms with van der Waals surface area (Å²) >= 11 is 0. The van der Waals surface area contributed by atoms with Gasteiger partial charge in [0, 0.05) is 22.6 Å². The van der Waals surface area contributed by atoms with Gasteiger partial charge in [-0.1, -0.05) is 30.3 Å². The highest BCUT2D eigenvalue weighted by Crippen LogP contribution is 2.27. The Morgan fingerprint density at radius 3 is 2.44 bits per heavy atom. The van der Waals surface area contributed by atoms with Crippen LogP contribution in [0, 0.1) is 13.8 Å². The zero-order chi connectivity index (χ0) is 27.4. The molecule has 1 N–H and O–H groups in total. The fourth-order valence-electron chi connectivity index (χ4n) is 4.48. The zero-order valence-electron chi connectivity index (χ0n) is 22.5. The van der Waals surface area contributed by atoms with Gasteiger partial charge in [-0.15, -0.1) is 0 Å². The Bertz CT molecular complexity index is 1610. The number of furan rings is 1. The topological polar surface area (TPSA) is 78.0 Å². The van der Waals surface area contributed by atoms with E-state index >= 15 is 0 Å². The molecule has 0 saturated carbocycles. The van der Waals surface area contributed by atoms with E-state index in [0.717, 1.165) is 22.0 Å². The first-order chi connectivity index (χ1) is 18.9. The molecule has 7 heteroatoms. The van der Waals surface area contributed by atoms with E-state index in [1.165, 1.54) is 11.4 Å². The van der Waals surface area contributed by atoms with Gasteiger partial charge in [0.1, 0.15) is 23.9 Å². The average molecular weight is 522 g/mol. The summed E-state index contributed by atoms with van der Waals surface area (Å²) in [6, 6.07) is 27.3. The molecule has 0 unspecified atom stereocenters. The molecule has 7 nitrogen and oxygen atoms in total. The molecule has 1 amide bonds. The molecule has 0 bridgehead atoms. The molecule has 5 aromatic rings. The summed E-state index contributed by atoms with van der Waals surface area (Å²) < 4.78 is 19.7. The number of hydrazone groups is 1. The van der Waals surface area contributed by atoms with Gasteiger partial charge in [-0.2, -0.15) is 5.10 Å². The maximum Gasteiger partial charge on any atom is 0.307 e. The second-order valence-corrected chi connectivity index (χ2v) is 9.56. The van der Waals surface area contributed by atoms with E-state index in [2.05, 4.69) is 41.1 Å². The predicted octanol–water partition coefficient (Wildman–Crippen LogP) is 6.97. The second-order valence-electron chi connectivity index (χ2n) is 9.56. The monoisotopic (exact) mass is 521 g/mol. The molecule has 0 spiro atoms. The van der Waals surface area contributed by atoms with Crippen molar-refractivity contribution in [1.82, 2.24) is 9.99 Å². The molecule has 0 aliphatic carbocycles. The highest BCUT2D eigenvalue weighted by Gasteiger charge is 2.13. The summed E-state index contributed by atoms with van der Waals surface area (Å²) in [6.45, 7) is 8.29. The highest BCUT2D eigenvalue weighted by atomic mass is 16.5. The lowest BCUT2D eigenvalue weighted by Gasteiger charge is -2.14. The van der Waals surface area contributed by atoms with Crippen molar-refractivity contribution in [3.8, 4) is 17.2 Å². The molecule has 39 heavy (non-hydrogen) atoms. The quantitative estimate of drug-likeness (QED) is 0.168. The predicted molar refractivity (Wildman–Crippen MR) is 153 cm³/mol. The number of rotatable bonds is 9. The lowest BCUT2D eigenvalue weighted by atomic mass is 10.0. The number of carbonyl (C=O) groups is 1. The molecule has 0 aliphatic heterocycles. The summed E-state index contributed by atoms with van der Waals surface area (Å²) in [6.07, 6.45) is 1.60. The molecule has 2 aromatic heterocycles. The van der Waals surface area contributed by atoms with Crippen LogP contribution in [0.4, 0.5) is 0 Å². The Hall–Kier alpha value is -4.78. The molecule has 198 valence electrons. The van der Waals surface area contributed by atoms with E-state index in [1.54, 1.807) is 18.3 Å². The first-order valence-electron chi connectivity index (χ1n) is 12.9. The second kappa shape index (κ2) is 11.3. The minimum Gasteiger partial charge on any atom is -0.490 e. The summed E-state index contributed by atoms with van der Waals surface area (Å²) in [5.41, 5.74) is 6.77. The summed E-state index contributed by atoms with van der Waals surface area (Å²) in [4.78, 5) is 12.7. The van der Waals surface area contributed by atoms with Crippen LogP contribution in [0.2, 0.25) is 0 Å². The van der Waals surface area contributed by atoms with Crippen LogP contribution in [0.1, 0.15) is 47.1 Å². The lowest BCUT2D eigenvalue weighted by molar-refractivity contribution is 0.0923. The van der Waals surface area contributed by atoms with Gasteiger partial charge in [0.25, 0.3) is 0 Å². The van der Waals surface area contributed by atoms with Gasteiger partial charge in [-0.05, 0) is 93.1 Å². The van der Waals surface area contributed by atoms with Crippen molar-refractivity contribution in [3.05, 3.63) is 113 Å². The standard InChI is InChI=1S/C32H31N3O4/c1-21(2)38-30-17-11-24-7-5-6-8-28(24)29(30)19-33-34-32(36)31-18-16-27(39-31)20-37-26-14-12-25(13-15-26)35-22(3)9-10-23(35)4/h5-19,21H,20H2,1-4H3,(H,34,36)/b33-19+. The SMILES string of the molecule is Cc1ccc(C)n1-c1ccc(OCc2ccc(C(=O)N/N=C/c3c(OC(C)C)ccc4ccccc34)o2)cc1. The fourth-order valence-corrected chi connectivity index (χ4v) is 4.48. The number of nitrogens with one attached hydrogen (secondary N) is 1. The molecular weight excluding hydrogens is 490 g/mol. The third-order valence-corrected chi connectivity index (χ3v) is 6.29. The summed E-state index contributed by atoms with van der Waals surface area (Å²) in [7, 11) is 0. The molecule has 0 radical (unpaired) electrons. The van der Waals surface area contributed by atoms with Crippen molar-refractivity contribution >= 4 is 22.9 Å². The molecule has 3 aromatic carbocycles. The number of nitrogens with zero attached hydrogens (tertiary/aromatic N) is 2. The largest absolute Gasteiger partial charge is 0.490 e. The number of hydrogen-bond acceptors (Lipinski definition) is 5. The van der Waals surface area contributed by atoms with E-state index < -0.39 is 5.91 Å². The number of aromatic nitrogens is 1. The van der Waals surface area contributed by atoms with Gasteiger partial charge in [0.2, 0.25) is 0 Å². The number of aryl methyl sites for hydroxylation is 2. The first kappa shape index (κ1) is 25.9. The lowest BCUT2D eigenvalue weighted by Crippen LogP contribution is -2.17. The van der Waals surface area contributed by atoms with Gasteiger partial charge < -0.3 is 18.5 Å². The van der Waals surface area contributed by atoms with Crippen LogP contribution in [0.15, 0.2) is 94.4 Å². The van der Waals surface area contributed by atoms with Crippen molar-refractivity contribution in [3.63, 3.8) is 0 Å². The van der Waals surface area contributed by atoms with Crippen molar-refractivity contribution in [2.45, 2.75) is 40.4 Å². The van der Waals surface area contributed by atoms with E-state index in [4.69, 9.17) is 13.9 Å². The Labute approximate surface area is 227 Å². The number of fused-ring (bicyclic) bond motifs is 1. The number of amides is 1. The van der Waals surface area contributed by atoms with Gasteiger partial charge in [0.15, 0.2) is 5.76 Å². The molecule has 0 aliphatic rings. The molecule has 0 atom stereocenters. The number of ether oxygens (including phenoxy) is 2. The van der Waals surface area contributed by atoms with E-state index in [0.29, 0.717) is 17.3 Å². The average Bonchev–Trinajstić information content (AvgIpc) is 3.54.